The van der Waals surface area contributed by atoms with Crippen molar-refractivity contribution in [2.24, 2.45) is 0 Å². The molecule has 0 bridgehead atoms. The summed E-state index contributed by atoms with van der Waals surface area (Å²) < 4.78 is 5.74. The quantitative estimate of drug-likeness (QED) is 0.886. The fourth-order valence-electron chi connectivity index (χ4n) is 2.94. The summed E-state index contributed by atoms with van der Waals surface area (Å²) in [5.74, 6) is 0.817. The Balaban J connectivity index is 1.44. The molecule has 2 aromatic rings. The maximum Gasteiger partial charge on any atom is 0.315 e. The summed E-state index contributed by atoms with van der Waals surface area (Å²) in [6.07, 6.45) is 2.50. The molecule has 1 aliphatic rings. The number of nitrogens with zero attached hydrogens (tertiary/aromatic N) is 1. The summed E-state index contributed by atoms with van der Waals surface area (Å²) in [4.78, 5) is 25.7. The number of amides is 3. The third kappa shape index (κ3) is 3.88. The van der Waals surface area contributed by atoms with E-state index in [0.717, 1.165) is 36.9 Å². The number of rotatable bonds is 5. The van der Waals surface area contributed by atoms with Crippen LogP contribution in [-0.4, -0.2) is 36.5 Å². The number of benzene rings is 1. The van der Waals surface area contributed by atoms with E-state index in [2.05, 4.69) is 10.6 Å². The summed E-state index contributed by atoms with van der Waals surface area (Å²) in [6, 6.07) is 9.12. The predicted octanol–water partition coefficient (Wildman–Crippen LogP) is 2.81. The lowest BCUT2D eigenvalue weighted by Gasteiger charge is -2.16. The van der Waals surface area contributed by atoms with Crippen LogP contribution >= 0.6 is 0 Å². The maximum atomic E-state index is 12.0. The van der Waals surface area contributed by atoms with Gasteiger partial charge in [-0.3, -0.25) is 4.79 Å². The van der Waals surface area contributed by atoms with E-state index >= 15 is 0 Å². The third-order valence-electron chi connectivity index (χ3n) is 4.30. The lowest BCUT2D eigenvalue weighted by molar-refractivity contribution is -0.129. The first-order valence-electron chi connectivity index (χ1n) is 8.44. The molecule has 1 fully saturated rings. The van der Waals surface area contributed by atoms with E-state index in [9.17, 15) is 9.59 Å². The largest absolute Gasteiger partial charge is 0.459 e. The SMILES string of the molecule is C[C@@H](NC(=O)NCCC(=O)N1CCCC1)c1cc2ccccc2o1. The second kappa shape index (κ2) is 7.38. The Morgan fingerprint density at radius 2 is 2.00 bits per heavy atom. The second-order valence-corrected chi connectivity index (χ2v) is 6.15. The van der Waals surface area contributed by atoms with E-state index < -0.39 is 0 Å². The molecule has 1 atom stereocenters. The highest BCUT2D eigenvalue weighted by Gasteiger charge is 2.18. The van der Waals surface area contributed by atoms with Crippen molar-refractivity contribution in [2.75, 3.05) is 19.6 Å². The Hall–Kier alpha value is -2.50. The van der Waals surface area contributed by atoms with Gasteiger partial charge < -0.3 is 20.0 Å². The maximum absolute atomic E-state index is 12.0. The number of likely N-dealkylation sites (tertiary alicyclic amines) is 1. The van der Waals surface area contributed by atoms with Crippen LogP contribution in [0.15, 0.2) is 34.7 Å². The standard InChI is InChI=1S/C18H23N3O3/c1-13(16-12-14-6-2-3-7-15(14)24-16)20-18(23)19-9-8-17(22)21-10-4-5-11-21/h2-3,6-7,12-13H,4-5,8-11H2,1H3,(H2,19,20,23)/t13-/m1/s1. The molecule has 6 heteroatoms. The van der Waals surface area contributed by atoms with Crippen LogP contribution in [0.5, 0.6) is 0 Å². The van der Waals surface area contributed by atoms with Crippen LogP contribution in [0.25, 0.3) is 11.0 Å². The number of para-hydroxylation sites is 1. The van der Waals surface area contributed by atoms with E-state index in [4.69, 9.17) is 4.42 Å². The Bertz CT molecular complexity index is 686. The summed E-state index contributed by atoms with van der Waals surface area (Å²) in [5.41, 5.74) is 0.803. The smallest absolute Gasteiger partial charge is 0.315 e. The van der Waals surface area contributed by atoms with Gasteiger partial charge in [0.15, 0.2) is 0 Å². The van der Waals surface area contributed by atoms with Crippen molar-refractivity contribution in [3.63, 3.8) is 0 Å². The van der Waals surface area contributed by atoms with Crippen molar-refractivity contribution in [2.45, 2.75) is 32.2 Å². The zero-order valence-electron chi connectivity index (χ0n) is 13.9. The molecule has 0 spiro atoms. The van der Waals surface area contributed by atoms with Crippen molar-refractivity contribution in [3.05, 3.63) is 36.1 Å². The van der Waals surface area contributed by atoms with Crippen molar-refractivity contribution < 1.29 is 14.0 Å². The summed E-state index contributed by atoms with van der Waals surface area (Å²) in [7, 11) is 0. The third-order valence-corrected chi connectivity index (χ3v) is 4.30. The van der Waals surface area contributed by atoms with E-state index in [1.54, 1.807) is 0 Å². The molecule has 3 rings (SSSR count). The highest BCUT2D eigenvalue weighted by Crippen LogP contribution is 2.23. The normalized spacial score (nSPS) is 15.5. The zero-order chi connectivity index (χ0) is 16.9. The lowest BCUT2D eigenvalue weighted by atomic mass is 10.2. The molecular weight excluding hydrogens is 306 g/mol. The summed E-state index contributed by atoms with van der Waals surface area (Å²) in [5, 5.41) is 6.58. The van der Waals surface area contributed by atoms with Crippen LogP contribution in [0.1, 0.15) is 38.0 Å². The number of hydrogen-bond acceptors (Lipinski definition) is 3. The molecule has 24 heavy (non-hydrogen) atoms. The average molecular weight is 329 g/mol. The molecule has 0 aliphatic carbocycles. The van der Waals surface area contributed by atoms with Gasteiger partial charge in [0.25, 0.3) is 0 Å². The van der Waals surface area contributed by atoms with Crippen LogP contribution in [-0.2, 0) is 4.79 Å². The molecule has 2 heterocycles. The lowest BCUT2D eigenvalue weighted by Crippen LogP contribution is -2.39. The van der Waals surface area contributed by atoms with E-state index in [-0.39, 0.29) is 18.0 Å². The number of carbonyl (C=O) groups is 2. The van der Waals surface area contributed by atoms with Gasteiger partial charge in [-0.1, -0.05) is 18.2 Å². The molecule has 2 N–H and O–H groups in total. The molecule has 128 valence electrons. The minimum Gasteiger partial charge on any atom is -0.459 e. The fraction of sp³-hybridized carbons (Fsp3) is 0.444. The highest BCUT2D eigenvalue weighted by molar-refractivity contribution is 5.79. The van der Waals surface area contributed by atoms with Crippen molar-refractivity contribution in [3.8, 4) is 0 Å². The number of hydrogen-bond donors (Lipinski definition) is 2. The van der Waals surface area contributed by atoms with Gasteiger partial charge in [0, 0.05) is 31.4 Å². The summed E-state index contributed by atoms with van der Waals surface area (Å²) >= 11 is 0. The monoisotopic (exact) mass is 329 g/mol. The van der Waals surface area contributed by atoms with Crippen LogP contribution in [0.2, 0.25) is 0 Å². The Morgan fingerprint density at radius 3 is 2.75 bits per heavy atom. The number of nitrogens with one attached hydrogen (secondary N) is 2. The number of furan rings is 1. The van der Waals surface area contributed by atoms with Gasteiger partial charge in [0.2, 0.25) is 5.91 Å². The molecule has 1 aliphatic heterocycles. The minimum atomic E-state index is -0.294. The van der Waals surface area contributed by atoms with Crippen LogP contribution < -0.4 is 10.6 Å². The van der Waals surface area contributed by atoms with E-state index in [1.807, 2.05) is 42.2 Å². The first kappa shape index (κ1) is 16.4. The highest BCUT2D eigenvalue weighted by atomic mass is 16.3. The summed E-state index contributed by atoms with van der Waals surface area (Å²) in [6.45, 7) is 3.89. The van der Waals surface area contributed by atoms with Gasteiger partial charge in [-0.25, -0.2) is 4.79 Å². The first-order chi connectivity index (χ1) is 11.6. The molecule has 1 aromatic heterocycles. The van der Waals surface area contributed by atoms with Gasteiger partial charge in [-0.2, -0.15) is 0 Å². The van der Waals surface area contributed by atoms with Gasteiger partial charge in [0.1, 0.15) is 11.3 Å². The van der Waals surface area contributed by atoms with E-state index in [1.165, 1.54) is 0 Å². The van der Waals surface area contributed by atoms with Gasteiger partial charge in [-0.05, 0) is 31.9 Å². The van der Waals surface area contributed by atoms with Crippen molar-refractivity contribution >= 4 is 22.9 Å². The fourth-order valence-corrected chi connectivity index (χ4v) is 2.94. The van der Waals surface area contributed by atoms with Crippen molar-refractivity contribution in [1.29, 1.82) is 0 Å². The van der Waals surface area contributed by atoms with Crippen LogP contribution in [0.3, 0.4) is 0 Å². The topological polar surface area (TPSA) is 74.6 Å². The van der Waals surface area contributed by atoms with Crippen LogP contribution in [0, 0.1) is 0 Å². The Labute approximate surface area is 141 Å². The molecule has 0 unspecified atom stereocenters. The molecular formula is C18H23N3O3. The van der Waals surface area contributed by atoms with Crippen LogP contribution in [0.4, 0.5) is 4.79 Å². The number of carbonyl (C=O) groups excluding carboxylic acids is 2. The molecule has 0 radical (unpaired) electrons. The average Bonchev–Trinajstić information content (AvgIpc) is 3.24. The molecule has 6 nitrogen and oxygen atoms in total. The molecule has 3 amide bonds. The molecule has 0 saturated carbocycles. The zero-order valence-corrected chi connectivity index (χ0v) is 13.9. The number of fused-ring (bicyclic) bond motifs is 1. The Kier molecular flexibility index (Phi) is 5.03. The van der Waals surface area contributed by atoms with Gasteiger partial charge in [-0.15, -0.1) is 0 Å². The number of urea groups is 1. The van der Waals surface area contributed by atoms with Crippen molar-refractivity contribution in [1.82, 2.24) is 15.5 Å². The minimum absolute atomic E-state index is 0.109. The molecule has 1 saturated heterocycles. The predicted molar refractivity (Wildman–Crippen MR) is 91.6 cm³/mol. The molecule has 1 aromatic carbocycles. The van der Waals surface area contributed by atoms with E-state index in [0.29, 0.717) is 18.7 Å². The first-order valence-corrected chi connectivity index (χ1v) is 8.44. The second-order valence-electron chi connectivity index (χ2n) is 6.15. The van der Waals surface area contributed by atoms with Gasteiger partial charge >= 0.3 is 6.03 Å². The Morgan fingerprint density at radius 1 is 1.25 bits per heavy atom. The van der Waals surface area contributed by atoms with Gasteiger partial charge in [0.05, 0.1) is 6.04 Å².